The topological polar surface area (TPSA) is 39.9 Å². The molecule has 1 unspecified atom stereocenters. The summed E-state index contributed by atoms with van der Waals surface area (Å²) in [7, 11) is 0. The van der Waals surface area contributed by atoms with Gasteiger partial charge in [0.2, 0.25) is 0 Å². The summed E-state index contributed by atoms with van der Waals surface area (Å²) in [6.07, 6.45) is 1.77. The van der Waals surface area contributed by atoms with Gasteiger partial charge in [-0.2, -0.15) is 0 Å². The van der Waals surface area contributed by atoms with Gasteiger partial charge in [0.1, 0.15) is 11.3 Å². The molecule has 2 rings (SSSR count). The molecular formula is C12H15BrClN3O. The van der Waals surface area contributed by atoms with Crippen LogP contribution in [0.15, 0.2) is 16.7 Å². The summed E-state index contributed by atoms with van der Waals surface area (Å²) in [5, 5.41) is -0.153. The van der Waals surface area contributed by atoms with Crippen LogP contribution in [-0.2, 0) is 11.3 Å². The molecule has 0 radical (unpaired) electrons. The maximum atomic E-state index is 6.17. The van der Waals surface area contributed by atoms with Gasteiger partial charge in [-0.3, -0.25) is 0 Å². The van der Waals surface area contributed by atoms with E-state index in [2.05, 4.69) is 25.9 Å². The molecule has 2 aromatic rings. The van der Waals surface area contributed by atoms with E-state index in [1.54, 1.807) is 6.20 Å². The highest BCUT2D eigenvalue weighted by molar-refractivity contribution is 9.10. The molecule has 0 saturated heterocycles. The number of aromatic nitrogens is 3. The molecule has 98 valence electrons. The Morgan fingerprint density at radius 2 is 2.33 bits per heavy atom. The van der Waals surface area contributed by atoms with Crippen molar-refractivity contribution in [2.45, 2.75) is 25.8 Å². The van der Waals surface area contributed by atoms with Crippen LogP contribution in [0.2, 0.25) is 0 Å². The Bertz CT molecular complexity index is 541. The van der Waals surface area contributed by atoms with Crippen molar-refractivity contribution in [2.75, 3.05) is 13.2 Å². The average Bonchev–Trinajstić information content (AvgIpc) is 2.68. The van der Waals surface area contributed by atoms with Crippen LogP contribution in [0, 0.1) is 0 Å². The predicted octanol–water partition coefficient (Wildman–Crippen LogP) is 3.53. The van der Waals surface area contributed by atoms with E-state index in [9.17, 15) is 0 Å². The van der Waals surface area contributed by atoms with Gasteiger partial charge >= 0.3 is 0 Å². The second-order valence-electron chi connectivity index (χ2n) is 3.93. The maximum absolute atomic E-state index is 6.17. The number of pyridine rings is 1. The van der Waals surface area contributed by atoms with Gasteiger partial charge < -0.3 is 9.30 Å². The Kier molecular flexibility index (Phi) is 4.59. The lowest BCUT2D eigenvalue weighted by Gasteiger charge is -2.09. The fraction of sp³-hybridized carbons (Fsp3) is 0.500. The number of rotatable bonds is 5. The van der Waals surface area contributed by atoms with Crippen molar-refractivity contribution in [2.24, 2.45) is 0 Å². The molecule has 0 aliphatic heterocycles. The van der Waals surface area contributed by atoms with Crippen molar-refractivity contribution in [3.05, 3.63) is 22.6 Å². The first-order valence-corrected chi connectivity index (χ1v) is 7.10. The lowest BCUT2D eigenvalue weighted by atomic mass is 10.4. The summed E-state index contributed by atoms with van der Waals surface area (Å²) < 4.78 is 8.32. The van der Waals surface area contributed by atoms with E-state index in [0.717, 1.165) is 21.5 Å². The standard InChI is InChI=1S/C12H15BrClN3O/c1-3-18-5-4-17-11(8(2)14)16-10-6-9(13)7-15-12(10)17/h6-8H,3-5H2,1-2H3. The lowest BCUT2D eigenvalue weighted by molar-refractivity contribution is 0.139. The molecule has 6 heteroatoms. The van der Waals surface area contributed by atoms with Crippen molar-refractivity contribution in [3.8, 4) is 0 Å². The molecule has 0 fully saturated rings. The van der Waals surface area contributed by atoms with Crippen molar-refractivity contribution in [1.29, 1.82) is 0 Å². The smallest absolute Gasteiger partial charge is 0.160 e. The van der Waals surface area contributed by atoms with E-state index in [1.807, 2.05) is 24.5 Å². The van der Waals surface area contributed by atoms with Gasteiger partial charge in [0.15, 0.2) is 5.65 Å². The molecule has 0 amide bonds. The zero-order valence-corrected chi connectivity index (χ0v) is 12.7. The molecule has 2 aromatic heterocycles. The summed E-state index contributed by atoms with van der Waals surface area (Å²) in [5.74, 6) is 0.831. The minimum absolute atomic E-state index is 0.153. The van der Waals surface area contributed by atoms with E-state index in [-0.39, 0.29) is 5.38 Å². The molecule has 18 heavy (non-hydrogen) atoms. The van der Waals surface area contributed by atoms with Crippen LogP contribution in [0.3, 0.4) is 0 Å². The van der Waals surface area contributed by atoms with Crippen molar-refractivity contribution in [3.63, 3.8) is 0 Å². The van der Waals surface area contributed by atoms with Crippen LogP contribution in [0.5, 0.6) is 0 Å². The zero-order chi connectivity index (χ0) is 13.1. The van der Waals surface area contributed by atoms with Crippen LogP contribution >= 0.6 is 27.5 Å². The summed E-state index contributed by atoms with van der Waals surface area (Å²) in [5.41, 5.74) is 1.70. The fourth-order valence-corrected chi connectivity index (χ4v) is 2.31. The minimum atomic E-state index is -0.153. The fourth-order valence-electron chi connectivity index (χ4n) is 1.83. The number of nitrogens with zero attached hydrogens (tertiary/aromatic N) is 3. The monoisotopic (exact) mass is 331 g/mol. The first-order valence-electron chi connectivity index (χ1n) is 5.87. The van der Waals surface area contributed by atoms with Crippen LogP contribution in [0.25, 0.3) is 11.2 Å². The van der Waals surface area contributed by atoms with Crippen LogP contribution in [0.4, 0.5) is 0 Å². The van der Waals surface area contributed by atoms with Gasteiger partial charge in [-0.1, -0.05) is 0 Å². The molecule has 0 aliphatic carbocycles. The van der Waals surface area contributed by atoms with E-state index in [4.69, 9.17) is 16.3 Å². The Morgan fingerprint density at radius 1 is 1.56 bits per heavy atom. The lowest BCUT2D eigenvalue weighted by Crippen LogP contribution is -2.10. The second-order valence-corrected chi connectivity index (χ2v) is 5.50. The van der Waals surface area contributed by atoms with Gasteiger partial charge in [0.25, 0.3) is 0 Å². The summed E-state index contributed by atoms with van der Waals surface area (Å²) in [4.78, 5) is 8.94. The second kappa shape index (κ2) is 5.99. The Labute approximate surface area is 119 Å². The number of fused-ring (bicyclic) bond motifs is 1. The molecular weight excluding hydrogens is 318 g/mol. The molecule has 1 atom stereocenters. The van der Waals surface area contributed by atoms with Crippen molar-refractivity contribution < 1.29 is 4.74 Å². The molecule has 0 aliphatic rings. The number of halogens is 2. The normalized spacial score (nSPS) is 13.1. The van der Waals surface area contributed by atoms with Crippen molar-refractivity contribution >= 4 is 38.7 Å². The maximum Gasteiger partial charge on any atom is 0.160 e. The quantitative estimate of drug-likeness (QED) is 0.621. The molecule has 0 spiro atoms. The van der Waals surface area contributed by atoms with Gasteiger partial charge in [-0.25, -0.2) is 9.97 Å². The van der Waals surface area contributed by atoms with Crippen LogP contribution in [0.1, 0.15) is 25.0 Å². The third kappa shape index (κ3) is 2.84. The van der Waals surface area contributed by atoms with Gasteiger partial charge in [0, 0.05) is 23.8 Å². The summed E-state index contributed by atoms with van der Waals surface area (Å²) in [6, 6.07) is 1.95. The molecule has 0 bridgehead atoms. The summed E-state index contributed by atoms with van der Waals surface area (Å²) in [6.45, 7) is 5.94. The zero-order valence-electron chi connectivity index (χ0n) is 10.4. The highest BCUT2D eigenvalue weighted by atomic mass is 79.9. The number of hydrogen-bond acceptors (Lipinski definition) is 3. The minimum Gasteiger partial charge on any atom is -0.380 e. The van der Waals surface area contributed by atoms with Crippen molar-refractivity contribution in [1.82, 2.24) is 14.5 Å². The molecule has 0 N–H and O–H groups in total. The van der Waals surface area contributed by atoms with E-state index in [1.165, 1.54) is 0 Å². The number of imidazole rings is 1. The first-order chi connectivity index (χ1) is 8.63. The third-order valence-electron chi connectivity index (χ3n) is 2.60. The average molecular weight is 333 g/mol. The highest BCUT2D eigenvalue weighted by Gasteiger charge is 2.15. The van der Waals surface area contributed by atoms with E-state index < -0.39 is 0 Å². The highest BCUT2D eigenvalue weighted by Crippen LogP contribution is 2.24. The number of alkyl halides is 1. The Hall–Kier alpha value is -0.650. The van der Waals surface area contributed by atoms with Gasteiger partial charge in [0.05, 0.1) is 12.0 Å². The number of ether oxygens (including phenoxy) is 1. The summed E-state index contributed by atoms with van der Waals surface area (Å²) >= 11 is 9.57. The molecule has 0 aromatic carbocycles. The number of hydrogen-bond donors (Lipinski definition) is 0. The molecule has 2 heterocycles. The SMILES string of the molecule is CCOCCn1c(C(C)Cl)nc2cc(Br)cnc21. The molecule has 4 nitrogen and oxygen atoms in total. The third-order valence-corrected chi connectivity index (χ3v) is 3.23. The predicted molar refractivity (Wildman–Crippen MR) is 76.0 cm³/mol. The first kappa shape index (κ1) is 13.8. The van der Waals surface area contributed by atoms with Crippen LogP contribution < -0.4 is 0 Å². The molecule has 0 saturated carbocycles. The Balaban J connectivity index is 2.42. The van der Waals surface area contributed by atoms with E-state index >= 15 is 0 Å². The van der Waals surface area contributed by atoms with E-state index in [0.29, 0.717) is 19.8 Å². The largest absolute Gasteiger partial charge is 0.380 e. The van der Waals surface area contributed by atoms with Crippen LogP contribution in [-0.4, -0.2) is 27.7 Å². The Morgan fingerprint density at radius 3 is 3.00 bits per heavy atom. The van der Waals surface area contributed by atoms with Gasteiger partial charge in [-0.05, 0) is 35.8 Å². The van der Waals surface area contributed by atoms with Gasteiger partial charge in [-0.15, -0.1) is 11.6 Å².